The summed E-state index contributed by atoms with van der Waals surface area (Å²) in [6, 6.07) is 7.62. The Kier molecular flexibility index (Phi) is 4.65. The first kappa shape index (κ1) is 17.3. The molecular formula is C16H13F2N3O3S. The molecule has 0 amide bonds. The van der Waals surface area contributed by atoms with Crippen LogP contribution in [0.15, 0.2) is 36.5 Å². The van der Waals surface area contributed by atoms with E-state index in [1.54, 1.807) is 6.07 Å². The third-order valence-corrected chi connectivity index (χ3v) is 5.46. The van der Waals surface area contributed by atoms with Crippen LogP contribution < -0.4 is 4.74 Å². The molecule has 25 heavy (non-hydrogen) atoms. The van der Waals surface area contributed by atoms with Gasteiger partial charge in [-0.3, -0.25) is 0 Å². The van der Waals surface area contributed by atoms with E-state index in [0.29, 0.717) is 5.75 Å². The molecule has 1 fully saturated rings. The number of sulfonamides is 1. The number of benzene rings is 1. The van der Waals surface area contributed by atoms with Crippen molar-refractivity contribution in [2.75, 3.05) is 13.1 Å². The number of nitriles is 1. The van der Waals surface area contributed by atoms with E-state index in [2.05, 4.69) is 4.98 Å². The molecular weight excluding hydrogens is 352 g/mol. The van der Waals surface area contributed by atoms with E-state index in [1.165, 1.54) is 12.3 Å². The Morgan fingerprint density at radius 1 is 1.28 bits per heavy atom. The van der Waals surface area contributed by atoms with E-state index in [1.807, 2.05) is 6.07 Å². The van der Waals surface area contributed by atoms with Crippen LogP contribution in [0.3, 0.4) is 0 Å². The van der Waals surface area contributed by atoms with Gasteiger partial charge in [-0.25, -0.2) is 22.2 Å². The van der Waals surface area contributed by atoms with Gasteiger partial charge in [0.15, 0.2) is 0 Å². The van der Waals surface area contributed by atoms with Crippen molar-refractivity contribution in [2.45, 2.75) is 11.9 Å². The monoisotopic (exact) mass is 365 g/mol. The molecule has 3 rings (SSSR count). The molecule has 0 radical (unpaired) electrons. The first-order valence-electron chi connectivity index (χ1n) is 7.32. The van der Waals surface area contributed by atoms with E-state index >= 15 is 0 Å². The van der Waals surface area contributed by atoms with Crippen molar-refractivity contribution in [3.8, 4) is 11.8 Å². The van der Waals surface area contributed by atoms with Crippen molar-refractivity contribution < 1.29 is 21.9 Å². The molecule has 2 heterocycles. The van der Waals surface area contributed by atoms with Gasteiger partial charge in [0.2, 0.25) is 10.0 Å². The molecule has 1 aromatic carbocycles. The summed E-state index contributed by atoms with van der Waals surface area (Å²) in [5.41, 5.74) is -0.0138. The Morgan fingerprint density at radius 2 is 2.04 bits per heavy atom. The van der Waals surface area contributed by atoms with Crippen LogP contribution >= 0.6 is 0 Å². The molecule has 0 aliphatic carbocycles. The maximum Gasteiger partial charge on any atom is 0.218 e. The number of halogens is 2. The lowest BCUT2D eigenvalue weighted by atomic mass is 10.2. The van der Waals surface area contributed by atoms with E-state index in [9.17, 15) is 17.2 Å². The van der Waals surface area contributed by atoms with Crippen LogP contribution in [-0.2, 0) is 15.8 Å². The zero-order valence-corrected chi connectivity index (χ0v) is 13.7. The molecule has 1 aromatic heterocycles. The van der Waals surface area contributed by atoms with E-state index < -0.39 is 27.4 Å². The van der Waals surface area contributed by atoms with Crippen LogP contribution in [0.2, 0.25) is 0 Å². The van der Waals surface area contributed by atoms with Gasteiger partial charge >= 0.3 is 0 Å². The lowest BCUT2D eigenvalue weighted by Crippen LogP contribution is -2.56. The summed E-state index contributed by atoms with van der Waals surface area (Å²) >= 11 is 0. The summed E-state index contributed by atoms with van der Waals surface area (Å²) in [5.74, 6) is -1.65. The Bertz CT molecular complexity index is 938. The van der Waals surface area contributed by atoms with Crippen LogP contribution in [0.1, 0.15) is 11.3 Å². The fourth-order valence-corrected chi connectivity index (χ4v) is 3.97. The lowest BCUT2D eigenvalue weighted by molar-refractivity contribution is 0.0760. The number of aromatic nitrogens is 1. The van der Waals surface area contributed by atoms with Crippen LogP contribution in [0.4, 0.5) is 8.78 Å². The highest BCUT2D eigenvalue weighted by Crippen LogP contribution is 2.23. The fraction of sp³-hybridized carbons (Fsp3) is 0.250. The number of hydrogen-bond donors (Lipinski definition) is 0. The third-order valence-electron chi connectivity index (χ3n) is 3.70. The van der Waals surface area contributed by atoms with E-state index in [-0.39, 0.29) is 30.5 Å². The minimum absolute atomic E-state index is 0.101. The van der Waals surface area contributed by atoms with Crippen molar-refractivity contribution >= 4 is 10.0 Å². The lowest BCUT2D eigenvalue weighted by Gasteiger charge is -2.37. The van der Waals surface area contributed by atoms with Crippen molar-refractivity contribution in [3.63, 3.8) is 0 Å². The highest BCUT2D eigenvalue weighted by atomic mass is 32.2. The van der Waals surface area contributed by atoms with Gasteiger partial charge < -0.3 is 4.74 Å². The number of pyridine rings is 1. The van der Waals surface area contributed by atoms with Crippen LogP contribution in [0.25, 0.3) is 0 Å². The second-order valence-corrected chi connectivity index (χ2v) is 7.51. The molecule has 9 heteroatoms. The molecule has 6 nitrogen and oxygen atoms in total. The maximum absolute atomic E-state index is 13.6. The van der Waals surface area contributed by atoms with Crippen molar-refractivity contribution in [2.24, 2.45) is 0 Å². The molecule has 1 saturated heterocycles. The van der Waals surface area contributed by atoms with Crippen molar-refractivity contribution in [3.05, 3.63) is 59.4 Å². The average molecular weight is 365 g/mol. The molecule has 0 saturated carbocycles. The van der Waals surface area contributed by atoms with Gasteiger partial charge in [0.25, 0.3) is 0 Å². The summed E-state index contributed by atoms with van der Waals surface area (Å²) < 4.78 is 58.0. The van der Waals surface area contributed by atoms with E-state index in [0.717, 1.165) is 22.5 Å². The predicted octanol–water partition coefficient (Wildman–Crippen LogP) is 1.82. The predicted molar refractivity (Wildman–Crippen MR) is 83.9 cm³/mol. The second kappa shape index (κ2) is 6.74. The quantitative estimate of drug-likeness (QED) is 0.807. The van der Waals surface area contributed by atoms with Gasteiger partial charge in [-0.15, -0.1) is 0 Å². The molecule has 130 valence electrons. The Morgan fingerprint density at radius 3 is 2.76 bits per heavy atom. The Balaban J connectivity index is 1.61. The fourth-order valence-electron chi connectivity index (χ4n) is 2.38. The zero-order valence-electron chi connectivity index (χ0n) is 12.9. The largest absolute Gasteiger partial charge is 0.488 e. The van der Waals surface area contributed by atoms with Crippen LogP contribution in [0.5, 0.6) is 5.75 Å². The molecule has 0 N–H and O–H groups in total. The summed E-state index contributed by atoms with van der Waals surface area (Å²) in [5, 5.41) is 8.79. The topological polar surface area (TPSA) is 83.3 Å². The third kappa shape index (κ3) is 3.92. The van der Waals surface area contributed by atoms with E-state index in [4.69, 9.17) is 10.00 Å². The zero-order chi connectivity index (χ0) is 18.0. The van der Waals surface area contributed by atoms with Crippen LogP contribution in [0, 0.1) is 23.0 Å². The van der Waals surface area contributed by atoms with Gasteiger partial charge in [-0.2, -0.15) is 9.57 Å². The minimum atomic E-state index is -3.77. The van der Waals surface area contributed by atoms with Gasteiger partial charge in [0, 0.05) is 17.8 Å². The van der Waals surface area contributed by atoms with Gasteiger partial charge in [0.05, 0.1) is 18.8 Å². The normalized spacial score (nSPS) is 15.4. The average Bonchev–Trinajstić information content (AvgIpc) is 2.53. The SMILES string of the molecule is N#Cc1cc(OC2CN(S(=O)(=O)Cc3cc(F)ccc3F)C2)ccn1. The molecule has 1 aliphatic heterocycles. The van der Waals surface area contributed by atoms with Crippen LogP contribution in [-0.4, -0.2) is 36.9 Å². The molecule has 0 bridgehead atoms. The first-order valence-corrected chi connectivity index (χ1v) is 8.93. The minimum Gasteiger partial charge on any atom is -0.488 e. The summed E-state index contributed by atoms with van der Waals surface area (Å²) in [4.78, 5) is 3.81. The Hall–Kier alpha value is -2.57. The first-order chi connectivity index (χ1) is 11.9. The maximum atomic E-state index is 13.6. The highest BCUT2D eigenvalue weighted by Gasteiger charge is 2.37. The van der Waals surface area contributed by atoms with Gasteiger partial charge in [-0.1, -0.05) is 0 Å². The summed E-state index contributed by atoms with van der Waals surface area (Å²) in [6.07, 6.45) is 1.05. The Labute approximate surface area is 143 Å². The summed E-state index contributed by atoms with van der Waals surface area (Å²) in [6.45, 7) is 0.201. The smallest absolute Gasteiger partial charge is 0.218 e. The standard InChI is InChI=1S/C16H13F2N3O3S/c17-12-1-2-16(18)11(5-12)10-25(22,23)21-8-15(9-21)24-14-3-4-20-13(6-14)7-19/h1-6,15H,8-10H2. The molecule has 0 spiro atoms. The van der Waals surface area contributed by atoms with Crippen molar-refractivity contribution in [1.82, 2.24) is 9.29 Å². The van der Waals surface area contributed by atoms with Crippen molar-refractivity contribution in [1.29, 1.82) is 5.26 Å². The molecule has 0 unspecified atom stereocenters. The number of nitrogens with zero attached hydrogens (tertiary/aromatic N) is 3. The molecule has 1 aliphatic rings. The molecule has 2 aromatic rings. The van der Waals surface area contributed by atoms with Gasteiger partial charge in [0.1, 0.15) is 35.3 Å². The second-order valence-electron chi connectivity index (χ2n) is 5.54. The summed E-state index contributed by atoms with van der Waals surface area (Å²) in [7, 11) is -3.77. The molecule has 0 atom stereocenters. The number of ether oxygens (including phenoxy) is 1. The number of rotatable bonds is 5. The number of hydrogen-bond acceptors (Lipinski definition) is 5. The highest BCUT2D eigenvalue weighted by molar-refractivity contribution is 7.88. The van der Waals surface area contributed by atoms with Gasteiger partial charge in [-0.05, 0) is 24.3 Å².